The minimum atomic E-state index is 0.373. The molecule has 1 aliphatic carbocycles. The van der Waals surface area contributed by atoms with Gasteiger partial charge in [0.2, 0.25) is 0 Å². The summed E-state index contributed by atoms with van der Waals surface area (Å²) in [6, 6.07) is 7.74. The molecule has 2 rings (SSSR count). The molecule has 0 saturated heterocycles. The number of hydrogen-bond acceptors (Lipinski definition) is 1. The molecule has 1 saturated carbocycles. The second-order valence-corrected chi connectivity index (χ2v) is 4.56. The third-order valence-corrected chi connectivity index (χ3v) is 3.30. The smallest absolute Gasteiger partial charge is 0.115 e. The number of aromatic hydroxyl groups is 1. The molecule has 14 heavy (non-hydrogen) atoms. The van der Waals surface area contributed by atoms with Gasteiger partial charge in [0.05, 0.1) is 0 Å². The van der Waals surface area contributed by atoms with Gasteiger partial charge in [0.15, 0.2) is 0 Å². The van der Waals surface area contributed by atoms with Crippen LogP contribution in [0, 0.1) is 5.92 Å². The van der Waals surface area contributed by atoms with Crippen LogP contribution in [0.1, 0.15) is 44.1 Å². The fourth-order valence-electron chi connectivity index (χ4n) is 2.48. The standard InChI is InChI=1S/C13H18O/c1-10-3-2-4-12(9-10)11-5-7-13(14)8-6-11/h5-8,10,12,14H,2-4,9H2,1H3. The van der Waals surface area contributed by atoms with E-state index in [9.17, 15) is 5.11 Å². The van der Waals surface area contributed by atoms with Crippen LogP contribution >= 0.6 is 0 Å². The maximum atomic E-state index is 9.21. The van der Waals surface area contributed by atoms with Crippen LogP contribution in [0.3, 0.4) is 0 Å². The number of benzene rings is 1. The minimum absolute atomic E-state index is 0.373. The highest BCUT2D eigenvalue weighted by molar-refractivity contribution is 5.28. The topological polar surface area (TPSA) is 20.2 Å². The predicted octanol–water partition coefficient (Wildman–Crippen LogP) is 3.69. The molecule has 0 heterocycles. The first kappa shape index (κ1) is 9.57. The maximum absolute atomic E-state index is 9.21. The number of hydrogen-bond donors (Lipinski definition) is 1. The summed E-state index contributed by atoms with van der Waals surface area (Å²) in [4.78, 5) is 0. The van der Waals surface area contributed by atoms with Crippen molar-refractivity contribution in [2.45, 2.75) is 38.5 Å². The Hall–Kier alpha value is -0.980. The van der Waals surface area contributed by atoms with Crippen LogP contribution < -0.4 is 0 Å². The van der Waals surface area contributed by atoms with Gasteiger partial charge in [-0.15, -0.1) is 0 Å². The molecule has 0 amide bonds. The number of phenols is 1. The van der Waals surface area contributed by atoms with Gasteiger partial charge in [0.1, 0.15) is 5.75 Å². The second-order valence-electron chi connectivity index (χ2n) is 4.56. The molecule has 1 aromatic carbocycles. The Labute approximate surface area is 85.8 Å². The van der Waals surface area contributed by atoms with E-state index in [2.05, 4.69) is 19.1 Å². The molecule has 0 aromatic heterocycles. The Morgan fingerprint density at radius 3 is 2.50 bits per heavy atom. The monoisotopic (exact) mass is 190 g/mol. The van der Waals surface area contributed by atoms with Crippen molar-refractivity contribution in [1.29, 1.82) is 0 Å². The van der Waals surface area contributed by atoms with Crippen molar-refractivity contribution in [1.82, 2.24) is 0 Å². The van der Waals surface area contributed by atoms with Crippen LogP contribution in [0.25, 0.3) is 0 Å². The fraction of sp³-hybridized carbons (Fsp3) is 0.538. The van der Waals surface area contributed by atoms with Gasteiger partial charge in [-0.3, -0.25) is 0 Å². The lowest BCUT2D eigenvalue weighted by atomic mass is 9.79. The average Bonchev–Trinajstić information content (AvgIpc) is 2.19. The Balaban J connectivity index is 2.10. The van der Waals surface area contributed by atoms with Crippen LogP contribution in [0.15, 0.2) is 24.3 Å². The first-order valence-corrected chi connectivity index (χ1v) is 5.54. The summed E-state index contributed by atoms with van der Waals surface area (Å²) in [6.07, 6.45) is 5.36. The normalized spacial score (nSPS) is 27.5. The number of rotatable bonds is 1. The van der Waals surface area contributed by atoms with Crippen LogP contribution in [0.4, 0.5) is 0 Å². The zero-order valence-corrected chi connectivity index (χ0v) is 8.74. The highest BCUT2D eigenvalue weighted by Crippen LogP contribution is 2.36. The summed E-state index contributed by atoms with van der Waals surface area (Å²) in [5.74, 6) is 1.96. The molecule has 1 aromatic rings. The summed E-state index contributed by atoms with van der Waals surface area (Å²) in [5.41, 5.74) is 1.40. The molecular formula is C13H18O. The Morgan fingerprint density at radius 2 is 1.86 bits per heavy atom. The molecule has 76 valence electrons. The van der Waals surface area contributed by atoms with E-state index in [1.165, 1.54) is 31.2 Å². The molecule has 1 aliphatic rings. The molecule has 0 spiro atoms. The summed E-state index contributed by atoms with van der Waals surface area (Å²) < 4.78 is 0. The molecule has 0 radical (unpaired) electrons. The third-order valence-electron chi connectivity index (χ3n) is 3.30. The highest BCUT2D eigenvalue weighted by Gasteiger charge is 2.19. The van der Waals surface area contributed by atoms with E-state index in [4.69, 9.17) is 0 Å². The zero-order valence-electron chi connectivity index (χ0n) is 8.74. The Morgan fingerprint density at radius 1 is 1.14 bits per heavy atom. The lowest BCUT2D eigenvalue weighted by Crippen LogP contribution is -2.11. The molecule has 1 heteroatoms. The first-order valence-electron chi connectivity index (χ1n) is 5.54. The van der Waals surface area contributed by atoms with Crippen LogP contribution in [0.5, 0.6) is 5.75 Å². The van der Waals surface area contributed by atoms with E-state index >= 15 is 0 Å². The van der Waals surface area contributed by atoms with Gasteiger partial charge in [0.25, 0.3) is 0 Å². The van der Waals surface area contributed by atoms with E-state index in [-0.39, 0.29) is 0 Å². The minimum Gasteiger partial charge on any atom is -0.508 e. The third kappa shape index (κ3) is 2.09. The van der Waals surface area contributed by atoms with Gasteiger partial charge < -0.3 is 5.11 Å². The van der Waals surface area contributed by atoms with E-state index < -0.39 is 0 Å². The van der Waals surface area contributed by atoms with Crippen molar-refractivity contribution < 1.29 is 5.11 Å². The summed E-state index contributed by atoms with van der Waals surface area (Å²) in [7, 11) is 0. The quantitative estimate of drug-likeness (QED) is 0.716. The maximum Gasteiger partial charge on any atom is 0.115 e. The van der Waals surface area contributed by atoms with Crippen molar-refractivity contribution in [3.8, 4) is 5.75 Å². The summed E-state index contributed by atoms with van der Waals surface area (Å²) >= 11 is 0. The predicted molar refractivity (Wildman–Crippen MR) is 58.5 cm³/mol. The lowest BCUT2D eigenvalue weighted by molar-refractivity contribution is 0.344. The summed E-state index contributed by atoms with van der Waals surface area (Å²) in [6.45, 7) is 2.34. The molecule has 2 unspecified atom stereocenters. The van der Waals surface area contributed by atoms with Gasteiger partial charge >= 0.3 is 0 Å². The SMILES string of the molecule is CC1CCCC(c2ccc(O)cc2)C1. The Bertz CT molecular complexity index is 289. The lowest BCUT2D eigenvalue weighted by Gasteiger charge is -2.26. The van der Waals surface area contributed by atoms with Crippen molar-refractivity contribution in [3.63, 3.8) is 0 Å². The summed E-state index contributed by atoms with van der Waals surface area (Å²) in [5, 5.41) is 9.21. The second kappa shape index (κ2) is 4.04. The molecule has 1 N–H and O–H groups in total. The van der Waals surface area contributed by atoms with Crippen molar-refractivity contribution in [3.05, 3.63) is 29.8 Å². The fourth-order valence-corrected chi connectivity index (χ4v) is 2.48. The van der Waals surface area contributed by atoms with Crippen LogP contribution in [-0.2, 0) is 0 Å². The molecular weight excluding hydrogens is 172 g/mol. The van der Waals surface area contributed by atoms with Gasteiger partial charge in [-0.25, -0.2) is 0 Å². The molecule has 0 bridgehead atoms. The van der Waals surface area contributed by atoms with Gasteiger partial charge in [-0.05, 0) is 42.4 Å². The largest absolute Gasteiger partial charge is 0.508 e. The number of phenolic OH excluding ortho intramolecular Hbond substituents is 1. The van der Waals surface area contributed by atoms with Crippen molar-refractivity contribution >= 4 is 0 Å². The van der Waals surface area contributed by atoms with Gasteiger partial charge in [-0.2, -0.15) is 0 Å². The van der Waals surface area contributed by atoms with E-state index in [1.807, 2.05) is 0 Å². The van der Waals surface area contributed by atoms with Crippen LogP contribution in [0.2, 0.25) is 0 Å². The molecule has 1 fully saturated rings. The molecule has 2 atom stereocenters. The van der Waals surface area contributed by atoms with Gasteiger partial charge in [0, 0.05) is 0 Å². The molecule has 1 nitrogen and oxygen atoms in total. The van der Waals surface area contributed by atoms with E-state index in [0.717, 1.165) is 11.8 Å². The Kier molecular flexibility index (Phi) is 2.76. The molecule has 0 aliphatic heterocycles. The zero-order chi connectivity index (χ0) is 9.97. The average molecular weight is 190 g/mol. The van der Waals surface area contributed by atoms with Crippen LogP contribution in [-0.4, -0.2) is 5.11 Å². The van der Waals surface area contributed by atoms with Crippen molar-refractivity contribution in [2.24, 2.45) is 5.92 Å². The van der Waals surface area contributed by atoms with E-state index in [1.54, 1.807) is 12.1 Å². The van der Waals surface area contributed by atoms with Crippen molar-refractivity contribution in [2.75, 3.05) is 0 Å². The van der Waals surface area contributed by atoms with E-state index in [0.29, 0.717) is 5.75 Å². The highest BCUT2D eigenvalue weighted by atomic mass is 16.3. The van der Waals surface area contributed by atoms with Gasteiger partial charge in [-0.1, -0.05) is 31.9 Å². The first-order chi connectivity index (χ1) is 6.75.